The number of fused-ring (bicyclic) bond motifs is 2. The van der Waals surface area contributed by atoms with Crippen molar-refractivity contribution < 1.29 is 28.3 Å². The predicted molar refractivity (Wildman–Crippen MR) is 145 cm³/mol. The van der Waals surface area contributed by atoms with E-state index < -0.39 is 17.5 Å². The highest BCUT2D eigenvalue weighted by Crippen LogP contribution is 2.35. The lowest BCUT2D eigenvalue weighted by molar-refractivity contribution is -0.125. The highest BCUT2D eigenvalue weighted by molar-refractivity contribution is 6.07. The third kappa shape index (κ3) is 4.66. The van der Waals surface area contributed by atoms with Crippen LogP contribution in [0.3, 0.4) is 0 Å². The largest absolute Gasteiger partial charge is 0.497 e. The van der Waals surface area contributed by atoms with E-state index in [1.807, 2.05) is 6.07 Å². The molecule has 2 aromatic carbocycles. The number of carbonyl (C=O) groups is 4. The fourth-order valence-corrected chi connectivity index (χ4v) is 5.73. The summed E-state index contributed by atoms with van der Waals surface area (Å²) in [5.41, 5.74) is 0.797. The molecule has 11 heteroatoms. The first-order valence-electron chi connectivity index (χ1n) is 13.5. The zero-order valence-electron chi connectivity index (χ0n) is 22.2. The number of hydrogen-bond acceptors (Lipinski definition) is 7. The van der Waals surface area contributed by atoms with E-state index in [1.165, 1.54) is 12.8 Å². The second-order valence-electron chi connectivity index (χ2n) is 10.5. The van der Waals surface area contributed by atoms with E-state index in [-0.39, 0.29) is 30.5 Å². The van der Waals surface area contributed by atoms with Crippen LogP contribution in [0, 0.1) is 0 Å². The van der Waals surface area contributed by atoms with Crippen LogP contribution in [-0.4, -0.2) is 73.4 Å². The molecule has 40 heavy (non-hydrogen) atoms. The molecular formula is C29H31N5O6. The molecule has 2 fully saturated rings. The number of likely N-dealkylation sites (tertiary alicyclic amines) is 1. The van der Waals surface area contributed by atoms with Crippen molar-refractivity contribution in [3.05, 3.63) is 64.9 Å². The Labute approximate surface area is 230 Å². The first-order chi connectivity index (χ1) is 19.4. The fourth-order valence-electron chi connectivity index (χ4n) is 5.73. The number of benzene rings is 2. The Morgan fingerprint density at radius 2 is 1.90 bits per heavy atom. The van der Waals surface area contributed by atoms with Crippen LogP contribution >= 0.6 is 0 Å². The Bertz CT molecular complexity index is 1510. The van der Waals surface area contributed by atoms with Gasteiger partial charge in [-0.2, -0.15) is 0 Å². The van der Waals surface area contributed by atoms with Gasteiger partial charge in [0.25, 0.3) is 17.7 Å². The topological polar surface area (TPSA) is 133 Å². The van der Waals surface area contributed by atoms with Crippen molar-refractivity contribution in [1.82, 2.24) is 25.8 Å². The zero-order valence-corrected chi connectivity index (χ0v) is 22.2. The van der Waals surface area contributed by atoms with E-state index in [4.69, 9.17) is 9.15 Å². The third-order valence-electron chi connectivity index (χ3n) is 8.01. The summed E-state index contributed by atoms with van der Waals surface area (Å²) in [4.78, 5) is 55.2. The molecule has 3 N–H and O–H groups in total. The Hall–Kier alpha value is -4.38. The Balaban J connectivity index is 1.20. The minimum absolute atomic E-state index is 0.102. The molecule has 0 bridgehead atoms. The molecule has 3 aliphatic heterocycles. The van der Waals surface area contributed by atoms with Gasteiger partial charge < -0.3 is 29.6 Å². The van der Waals surface area contributed by atoms with E-state index >= 15 is 0 Å². The summed E-state index contributed by atoms with van der Waals surface area (Å²) in [5, 5.41) is 8.68. The highest BCUT2D eigenvalue weighted by atomic mass is 16.5. The monoisotopic (exact) mass is 545 g/mol. The van der Waals surface area contributed by atoms with Gasteiger partial charge in [0.1, 0.15) is 17.1 Å². The summed E-state index contributed by atoms with van der Waals surface area (Å²) in [6.45, 7) is 4.09. The van der Waals surface area contributed by atoms with Crippen molar-refractivity contribution in [2.24, 2.45) is 0 Å². The number of hydrogen-bond donors (Lipinski definition) is 3. The summed E-state index contributed by atoms with van der Waals surface area (Å²) >= 11 is 0. The number of urea groups is 1. The maximum atomic E-state index is 13.1. The number of nitrogens with one attached hydrogen (secondary N) is 3. The molecule has 2 saturated heterocycles. The van der Waals surface area contributed by atoms with E-state index in [1.54, 1.807) is 48.4 Å². The van der Waals surface area contributed by atoms with Gasteiger partial charge in [-0.1, -0.05) is 12.1 Å². The number of nitrogens with zero attached hydrogens (tertiary/aromatic N) is 2. The molecule has 208 valence electrons. The molecule has 0 spiro atoms. The molecule has 0 radical (unpaired) electrons. The second-order valence-corrected chi connectivity index (χ2v) is 10.5. The van der Waals surface area contributed by atoms with Crippen molar-refractivity contribution in [3.63, 3.8) is 0 Å². The van der Waals surface area contributed by atoms with Gasteiger partial charge >= 0.3 is 6.03 Å². The van der Waals surface area contributed by atoms with E-state index in [0.717, 1.165) is 25.2 Å². The van der Waals surface area contributed by atoms with Gasteiger partial charge in [0.2, 0.25) is 0 Å². The zero-order chi connectivity index (χ0) is 27.9. The number of furan rings is 1. The molecule has 4 heterocycles. The molecule has 11 nitrogen and oxygen atoms in total. The third-order valence-corrected chi connectivity index (χ3v) is 8.01. The summed E-state index contributed by atoms with van der Waals surface area (Å²) in [7, 11) is 1.54. The van der Waals surface area contributed by atoms with Crippen LogP contribution in [0.25, 0.3) is 11.0 Å². The van der Waals surface area contributed by atoms with Crippen molar-refractivity contribution in [2.75, 3.05) is 39.8 Å². The van der Waals surface area contributed by atoms with E-state index in [2.05, 4.69) is 20.9 Å². The number of methoxy groups -OCH3 is 1. The second kappa shape index (κ2) is 10.3. The van der Waals surface area contributed by atoms with Gasteiger partial charge in [-0.05, 0) is 61.8 Å². The summed E-state index contributed by atoms with van der Waals surface area (Å²) < 4.78 is 11.3. The molecular weight excluding hydrogens is 514 g/mol. The van der Waals surface area contributed by atoms with Gasteiger partial charge in [0.05, 0.1) is 7.11 Å². The van der Waals surface area contributed by atoms with Crippen LogP contribution < -0.4 is 20.7 Å². The molecule has 5 amide bonds. The van der Waals surface area contributed by atoms with E-state index in [9.17, 15) is 19.2 Å². The lowest BCUT2D eigenvalue weighted by Crippen LogP contribution is -2.46. The lowest BCUT2D eigenvalue weighted by atomic mass is 9.91. The normalized spacial score (nSPS) is 20.6. The van der Waals surface area contributed by atoms with Gasteiger partial charge in [0.15, 0.2) is 5.54 Å². The molecule has 3 aliphatic rings. The Morgan fingerprint density at radius 1 is 1.07 bits per heavy atom. The van der Waals surface area contributed by atoms with Crippen LogP contribution in [0.4, 0.5) is 4.79 Å². The fraction of sp³-hybridized carbons (Fsp3) is 0.379. The molecule has 0 aliphatic carbocycles. The summed E-state index contributed by atoms with van der Waals surface area (Å²) in [6, 6.07) is 11.5. The van der Waals surface area contributed by atoms with Gasteiger partial charge in [0, 0.05) is 49.1 Å². The smallest absolute Gasteiger partial charge is 0.322 e. The number of carbonyl (C=O) groups excluding carboxylic acids is 4. The van der Waals surface area contributed by atoms with Crippen molar-refractivity contribution in [2.45, 2.75) is 31.3 Å². The minimum atomic E-state index is -1.50. The maximum Gasteiger partial charge on any atom is 0.322 e. The number of amides is 5. The summed E-state index contributed by atoms with van der Waals surface area (Å²) in [6.07, 6.45) is 2.50. The molecule has 1 atom stereocenters. The van der Waals surface area contributed by atoms with Gasteiger partial charge in [-0.25, -0.2) is 4.79 Å². The number of rotatable bonds is 9. The lowest BCUT2D eigenvalue weighted by Gasteiger charge is -2.26. The number of imide groups is 1. The van der Waals surface area contributed by atoms with Crippen molar-refractivity contribution in [3.8, 4) is 5.75 Å². The van der Waals surface area contributed by atoms with Crippen LogP contribution in [0.1, 0.15) is 51.3 Å². The van der Waals surface area contributed by atoms with Crippen LogP contribution in [-0.2, 0) is 16.9 Å². The first-order valence-corrected chi connectivity index (χ1v) is 13.5. The Kier molecular flexibility index (Phi) is 6.67. The molecule has 1 unspecified atom stereocenters. The molecule has 6 rings (SSSR count). The van der Waals surface area contributed by atoms with Gasteiger partial charge in [-0.15, -0.1) is 0 Å². The average Bonchev–Trinajstić information content (AvgIpc) is 3.73. The van der Waals surface area contributed by atoms with Crippen LogP contribution in [0.15, 0.2) is 46.9 Å². The van der Waals surface area contributed by atoms with Crippen molar-refractivity contribution in [1.29, 1.82) is 0 Å². The first kappa shape index (κ1) is 25.9. The molecule has 0 saturated carbocycles. The van der Waals surface area contributed by atoms with E-state index in [0.29, 0.717) is 40.9 Å². The predicted octanol–water partition coefficient (Wildman–Crippen LogP) is 2.35. The SMILES string of the molecule is COc1ccc2c(c1)C(=O)N(CCC1(c3cc4ccc(C(=O)NCCN5CCCC5)cc4o3)NC(=O)NC1=O)C2. The average molecular weight is 546 g/mol. The van der Waals surface area contributed by atoms with Crippen LogP contribution in [0.5, 0.6) is 5.75 Å². The standard InChI is InChI=1S/C29H31N5O6/c1-39-21-7-6-20-17-34(26(36)22(20)16-21)12-8-29(27(37)31-28(38)32-29)24-15-18-4-5-19(14-23(18)40-24)25(35)30-9-13-33-10-2-3-11-33/h4-7,14-16H,2-3,8-13,17H2,1H3,(H,30,35)(H2,31,32,37,38). The molecule has 3 aromatic rings. The Morgan fingerprint density at radius 3 is 2.65 bits per heavy atom. The highest BCUT2D eigenvalue weighted by Gasteiger charge is 2.50. The number of ether oxygens (including phenoxy) is 1. The maximum absolute atomic E-state index is 13.1. The van der Waals surface area contributed by atoms with Gasteiger partial charge in [-0.3, -0.25) is 19.7 Å². The summed E-state index contributed by atoms with van der Waals surface area (Å²) in [5.74, 6) is -0.0940. The van der Waals surface area contributed by atoms with Crippen molar-refractivity contribution >= 4 is 34.7 Å². The van der Waals surface area contributed by atoms with Crippen LogP contribution in [0.2, 0.25) is 0 Å². The quantitative estimate of drug-likeness (QED) is 0.352. The minimum Gasteiger partial charge on any atom is -0.497 e. The molecule has 1 aromatic heterocycles.